The molecule has 1 aromatic rings. The Kier molecular flexibility index (Phi) is 4.41. The summed E-state index contributed by atoms with van der Waals surface area (Å²) in [6.45, 7) is 1.12. The van der Waals surface area contributed by atoms with E-state index in [2.05, 4.69) is 5.32 Å². The third-order valence-corrected chi connectivity index (χ3v) is 2.29. The minimum absolute atomic E-state index is 0.103. The van der Waals surface area contributed by atoms with Crippen LogP contribution in [-0.4, -0.2) is 30.0 Å². The first-order valence-electron chi connectivity index (χ1n) is 5.18. The summed E-state index contributed by atoms with van der Waals surface area (Å²) in [5, 5.41) is 24.3. The van der Waals surface area contributed by atoms with Gasteiger partial charge >= 0.3 is 11.4 Å². The fraction of sp³-hybridized carbons (Fsp3) is 0.300. The zero-order chi connectivity index (χ0) is 15.4. The van der Waals surface area contributed by atoms with Gasteiger partial charge in [0.2, 0.25) is 11.7 Å². The lowest BCUT2D eigenvalue weighted by atomic mass is 10.2. The van der Waals surface area contributed by atoms with Crippen LogP contribution in [0.25, 0.3) is 0 Å². The van der Waals surface area contributed by atoms with Crippen LogP contribution in [0.5, 0.6) is 11.5 Å². The Morgan fingerprint density at radius 3 is 2.05 bits per heavy atom. The van der Waals surface area contributed by atoms with Crippen molar-refractivity contribution in [1.82, 2.24) is 0 Å². The van der Waals surface area contributed by atoms with Gasteiger partial charge in [0.15, 0.2) is 5.75 Å². The Balaban J connectivity index is 3.77. The van der Waals surface area contributed by atoms with Crippen molar-refractivity contribution in [3.63, 3.8) is 0 Å². The first kappa shape index (κ1) is 15.1. The lowest BCUT2D eigenvalue weighted by Crippen LogP contribution is -2.10. The Morgan fingerprint density at radius 2 is 1.70 bits per heavy atom. The number of amides is 1. The van der Waals surface area contributed by atoms with Gasteiger partial charge in [-0.3, -0.25) is 25.0 Å². The molecule has 0 aliphatic carbocycles. The van der Waals surface area contributed by atoms with Crippen LogP contribution in [0.3, 0.4) is 0 Å². The van der Waals surface area contributed by atoms with Crippen molar-refractivity contribution in [2.75, 3.05) is 19.5 Å². The van der Waals surface area contributed by atoms with Gasteiger partial charge in [-0.25, -0.2) is 0 Å². The summed E-state index contributed by atoms with van der Waals surface area (Å²) < 4.78 is 9.68. The average Bonchev–Trinajstić information content (AvgIpc) is 2.35. The predicted molar refractivity (Wildman–Crippen MR) is 67.2 cm³/mol. The summed E-state index contributed by atoms with van der Waals surface area (Å²) >= 11 is 0. The van der Waals surface area contributed by atoms with Crippen molar-refractivity contribution in [3.8, 4) is 11.5 Å². The number of nitrogens with zero attached hydrogens (tertiary/aromatic N) is 2. The molecule has 0 aliphatic heterocycles. The largest absolute Gasteiger partial charge is 0.492 e. The van der Waals surface area contributed by atoms with Crippen LogP contribution in [0.2, 0.25) is 0 Å². The second kappa shape index (κ2) is 5.82. The Hall–Kier alpha value is -2.91. The normalized spacial score (nSPS) is 9.75. The van der Waals surface area contributed by atoms with Gasteiger partial charge in [-0.1, -0.05) is 0 Å². The first-order valence-corrected chi connectivity index (χ1v) is 5.18. The maximum Gasteiger partial charge on any atom is 0.393 e. The van der Waals surface area contributed by atoms with Crippen LogP contribution in [0.1, 0.15) is 6.92 Å². The number of hydrogen-bond donors (Lipinski definition) is 1. The van der Waals surface area contributed by atoms with Crippen molar-refractivity contribution >= 4 is 23.0 Å². The van der Waals surface area contributed by atoms with Crippen molar-refractivity contribution < 1.29 is 24.1 Å². The van der Waals surface area contributed by atoms with Crippen LogP contribution in [-0.2, 0) is 4.79 Å². The molecule has 0 atom stereocenters. The minimum Gasteiger partial charge on any atom is -0.492 e. The molecule has 0 bridgehead atoms. The van der Waals surface area contributed by atoms with E-state index in [4.69, 9.17) is 9.47 Å². The predicted octanol–water partition coefficient (Wildman–Crippen LogP) is 1.48. The number of carbonyl (C=O) groups is 1. The second-order valence-electron chi connectivity index (χ2n) is 3.55. The third kappa shape index (κ3) is 2.74. The molecule has 1 N–H and O–H groups in total. The maximum atomic E-state index is 11.1. The van der Waals surface area contributed by atoms with Gasteiger partial charge in [0.25, 0.3) is 0 Å². The number of hydrogen-bond acceptors (Lipinski definition) is 7. The zero-order valence-corrected chi connectivity index (χ0v) is 10.8. The van der Waals surface area contributed by atoms with E-state index in [-0.39, 0.29) is 11.4 Å². The average molecular weight is 285 g/mol. The molecular formula is C10H11N3O7. The Bertz CT molecular complexity index is 585. The van der Waals surface area contributed by atoms with Crippen molar-refractivity contribution in [3.05, 3.63) is 26.3 Å². The van der Waals surface area contributed by atoms with Crippen LogP contribution in [0.4, 0.5) is 17.1 Å². The SMILES string of the molecule is COc1cc(NC(C)=O)c([N+](=O)[O-])c([N+](=O)[O-])c1OC. The van der Waals surface area contributed by atoms with Gasteiger partial charge in [-0.15, -0.1) is 0 Å². The number of rotatable bonds is 5. The quantitative estimate of drug-likeness (QED) is 0.639. The molecule has 1 amide bonds. The highest BCUT2D eigenvalue weighted by Crippen LogP contribution is 2.48. The molecule has 1 rings (SSSR count). The number of methoxy groups -OCH3 is 2. The fourth-order valence-corrected chi connectivity index (χ4v) is 1.60. The Morgan fingerprint density at radius 1 is 1.15 bits per heavy atom. The van der Waals surface area contributed by atoms with E-state index in [1.807, 2.05) is 0 Å². The zero-order valence-electron chi connectivity index (χ0n) is 10.8. The number of benzene rings is 1. The van der Waals surface area contributed by atoms with Crippen LogP contribution in [0, 0.1) is 20.2 Å². The molecule has 20 heavy (non-hydrogen) atoms. The number of ether oxygens (including phenoxy) is 2. The molecule has 108 valence electrons. The third-order valence-electron chi connectivity index (χ3n) is 2.29. The molecule has 0 unspecified atom stereocenters. The van der Waals surface area contributed by atoms with Gasteiger partial charge in [-0.05, 0) is 0 Å². The van der Waals surface area contributed by atoms with Crippen molar-refractivity contribution in [1.29, 1.82) is 0 Å². The van der Waals surface area contributed by atoms with Crippen LogP contribution >= 0.6 is 0 Å². The van der Waals surface area contributed by atoms with Gasteiger partial charge < -0.3 is 14.8 Å². The van der Waals surface area contributed by atoms with Crippen LogP contribution < -0.4 is 14.8 Å². The standard InChI is InChI=1S/C10H11N3O7/c1-5(14)11-6-4-7(19-2)10(20-3)9(13(17)18)8(6)12(15)16/h4H,1-3H3,(H,11,14). The molecule has 1 aromatic carbocycles. The van der Waals surface area contributed by atoms with E-state index in [1.54, 1.807) is 0 Å². The molecule has 0 radical (unpaired) electrons. The molecule has 0 spiro atoms. The molecule has 10 heteroatoms. The van der Waals surface area contributed by atoms with Crippen molar-refractivity contribution in [2.45, 2.75) is 6.92 Å². The highest BCUT2D eigenvalue weighted by molar-refractivity contribution is 5.94. The second-order valence-corrected chi connectivity index (χ2v) is 3.55. The van der Waals surface area contributed by atoms with Gasteiger partial charge in [0.1, 0.15) is 5.69 Å². The molecular weight excluding hydrogens is 274 g/mol. The van der Waals surface area contributed by atoms with E-state index in [0.29, 0.717) is 0 Å². The number of nitro benzene ring substituents is 2. The molecule has 0 saturated heterocycles. The highest BCUT2D eigenvalue weighted by atomic mass is 16.6. The number of anilines is 1. The minimum atomic E-state index is -0.967. The van der Waals surface area contributed by atoms with Crippen LogP contribution in [0.15, 0.2) is 6.07 Å². The van der Waals surface area contributed by atoms with E-state index < -0.39 is 32.9 Å². The lowest BCUT2D eigenvalue weighted by Gasteiger charge is -2.11. The molecule has 0 saturated carbocycles. The summed E-state index contributed by atoms with van der Waals surface area (Å²) in [6, 6.07) is 1.09. The van der Waals surface area contributed by atoms with Gasteiger partial charge in [0, 0.05) is 13.0 Å². The summed E-state index contributed by atoms with van der Waals surface area (Å²) in [5.74, 6) is -1.11. The number of nitro groups is 2. The topological polar surface area (TPSA) is 134 Å². The first-order chi connectivity index (χ1) is 9.33. The lowest BCUT2D eigenvalue weighted by molar-refractivity contribution is -0.422. The summed E-state index contributed by atoms with van der Waals surface area (Å²) in [6.07, 6.45) is 0. The smallest absolute Gasteiger partial charge is 0.393 e. The van der Waals surface area contributed by atoms with E-state index in [9.17, 15) is 25.0 Å². The molecule has 0 aromatic heterocycles. The highest BCUT2D eigenvalue weighted by Gasteiger charge is 2.37. The van der Waals surface area contributed by atoms with E-state index in [1.165, 1.54) is 7.11 Å². The summed E-state index contributed by atoms with van der Waals surface area (Å²) in [7, 11) is 2.33. The monoisotopic (exact) mass is 285 g/mol. The molecule has 10 nitrogen and oxygen atoms in total. The van der Waals surface area contributed by atoms with Gasteiger partial charge in [-0.2, -0.15) is 0 Å². The summed E-state index contributed by atoms with van der Waals surface area (Å²) in [4.78, 5) is 31.2. The maximum absolute atomic E-state index is 11.1. The van der Waals surface area contributed by atoms with E-state index >= 15 is 0 Å². The summed E-state index contributed by atoms with van der Waals surface area (Å²) in [5.41, 5.74) is -2.10. The Labute approximate surface area is 112 Å². The number of carbonyl (C=O) groups excluding carboxylic acids is 1. The van der Waals surface area contributed by atoms with Crippen molar-refractivity contribution in [2.24, 2.45) is 0 Å². The van der Waals surface area contributed by atoms with E-state index in [0.717, 1.165) is 20.1 Å². The fourth-order valence-electron chi connectivity index (χ4n) is 1.60. The molecule has 0 fully saturated rings. The molecule has 0 aliphatic rings. The van der Waals surface area contributed by atoms with Gasteiger partial charge in [0.05, 0.1) is 24.1 Å². The molecule has 0 heterocycles. The number of nitrogens with one attached hydrogen (secondary N) is 1.